The van der Waals surface area contributed by atoms with Gasteiger partial charge in [-0.25, -0.2) is 0 Å². The van der Waals surface area contributed by atoms with Crippen molar-refractivity contribution in [2.24, 2.45) is 0 Å². The molecule has 1 aliphatic rings. The second kappa shape index (κ2) is 6.52. The molecule has 2 atom stereocenters. The van der Waals surface area contributed by atoms with Crippen LogP contribution in [0.15, 0.2) is 24.5 Å². The summed E-state index contributed by atoms with van der Waals surface area (Å²) >= 11 is 0. The fourth-order valence-corrected chi connectivity index (χ4v) is 2.34. The topological polar surface area (TPSA) is 54.5 Å². The van der Waals surface area contributed by atoms with Crippen LogP contribution in [0.3, 0.4) is 0 Å². The number of amides is 1. The molecule has 0 saturated carbocycles. The van der Waals surface area contributed by atoms with Gasteiger partial charge in [0.05, 0.1) is 6.20 Å². The van der Waals surface area contributed by atoms with Crippen molar-refractivity contribution in [1.29, 1.82) is 0 Å². The highest BCUT2D eigenvalue weighted by Crippen LogP contribution is 2.14. The third-order valence-corrected chi connectivity index (χ3v) is 3.44. The zero-order valence-corrected chi connectivity index (χ0v) is 11.5. The third-order valence-electron chi connectivity index (χ3n) is 3.44. The fraction of sp³-hybridized carbons (Fsp3) is 0.571. The van der Waals surface area contributed by atoms with Crippen molar-refractivity contribution in [2.45, 2.75) is 31.9 Å². The highest BCUT2D eigenvalue weighted by Gasteiger charge is 2.27. The maximum Gasteiger partial charge on any atom is 0.263 e. The highest BCUT2D eigenvalue weighted by atomic mass is 16.5. The number of rotatable bonds is 4. The van der Waals surface area contributed by atoms with Gasteiger partial charge in [0.1, 0.15) is 5.75 Å². The van der Waals surface area contributed by atoms with Crippen molar-refractivity contribution in [3.63, 3.8) is 0 Å². The van der Waals surface area contributed by atoms with E-state index in [4.69, 9.17) is 4.74 Å². The molecule has 0 spiro atoms. The average Bonchev–Trinajstić information content (AvgIpc) is 2.47. The number of likely N-dealkylation sites (tertiary alicyclic amines) is 1. The minimum Gasteiger partial charge on any atom is -0.479 e. The van der Waals surface area contributed by atoms with Gasteiger partial charge in [-0.3, -0.25) is 9.78 Å². The molecule has 0 unspecified atom stereocenters. The van der Waals surface area contributed by atoms with Gasteiger partial charge in [0.15, 0.2) is 6.10 Å². The van der Waals surface area contributed by atoms with Crippen LogP contribution in [0.2, 0.25) is 0 Å². The lowest BCUT2D eigenvalue weighted by molar-refractivity contribution is -0.139. The van der Waals surface area contributed by atoms with E-state index in [0.717, 1.165) is 25.9 Å². The van der Waals surface area contributed by atoms with Gasteiger partial charge in [-0.15, -0.1) is 0 Å². The van der Waals surface area contributed by atoms with E-state index in [0.29, 0.717) is 11.8 Å². The molecular weight excluding hydrogens is 242 g/mol. The predicted molar refractivity (Wildman–Crippen MR) is 73.0 cm³/mol. The largest absolute Gasteiger partial charge is 0.479 e. The Morgan fingerprint density at radius 2 is 2.47 bits per heavy atom. The number of ether oxygens (including phenoxy) is 1. The zero-order chi connectivity index (χ0) is 13.7. The zero-order valence-electron chi connectivity index (χ0n) is 11.5. The number of hydrogen-bond donors (Lipinski definition) is 1. The second-order valence-electron chi connectivity index (χ2n) is 4.86. The van der Waals surface area contributed by atoms with E-state index in [2.05, 4.69) is 10.3 Å². The first-order chi connectivity index (χ1) is 9.20. The fourth-order valence-electron chi connectivity index (χ4n) is 2.34. The summed E-state index contributed by atoms with van der Waals surface area (Å²) in [6, 6.07) is 4.00. The van der Waals surface area contributed by atoms with E-state index in [1.165, 1.54) is 0 Å². The van der Waals surface area contributed by atoms with Gasteiger partial charge in [0.2, 0.25) is 0 Å². The monoisotopic (exact) mass is 263 g/mol. The summed E-state index contributed by atoms with van der Waals surface area (Å²) < 4.78 is 5.62. The van der Waals surface area contributed by atoms with Crippen LogP contribution < -0.4 is 10.1 Å². The molecule has 0 bridgehead atoms. The van der Waals surface area contributed by atoms with Gasteiger partial charge >= 0.3 is 0 Å². The Hall–Kier alpha value is -1.62. The number of likely N-dealkylation sites (N-methyl/N-ethyl adjacent to an activating group) is 1. The molecule has 1 aromatic rings. The molecular formula is C14H21N3O2. The van der Waals surface area contributed by atoms with Crippen LogP contribution in [0.4, 0.5) is 0 Å². The molecule has 0 aromatic carbocycles. The highest BCUT2D eigenvalue weighted by molar-refractivity contribution is 5.81. The SMILES string of the molecule is CN[C@@H]1CCCN(C(=O)[C@H](C)Oc2cccnc2)C1. The quantitative estimate of drug-likeness (QED) is 0.882. The molecule has 5 nitrogen and oxygen atoms in total. The van der Waals surface area contributed by atoms with Gasteiger partial charge < -0.3 is 15.0 Å². The summed E-state index contributed by atoms with van der Waals surface area (Å²) in [6.07, 6.45) is 4.99. The van der Waals surface area contributed by atoms with Crippen LogP contribution in [0.5, 0.6) is 5.75 Å². The van der Waals surface area contributed by atoms with Crippen LogP contribution in [-0.2, 0) is 4.79 Å². The van der Waals surface area contributed by atoms with Crippen molar-refractivity contribution in [3.8, 4) is 5.75 Å². The summed E-state index contributed by atoms with van der Waals surface area (Å²) in [7, 11) is 1.94. The van der Waals surface area contributed by atoms with Crippen molar-refractivity contribution < 1.29 is 9.53 Å². The van der Waals surface area contributed by atoms with E-state index in [1.54, 1.807) is 25.4 Å². The number of hydrogen-bond acceptors (Lipinski definition) is 4. The number of carbonyl (C=O) groups excluding carboxylic acids is 1. The normalized spacial score (nSPS) is 20.9. The molecule has 1 fully saturated rings. The number of pyridine rings is 1. The van der Waals surface area contributed by atoms with Gasteiger partial charge in [-0.2, -0.15) is 0 Å². The van der Waals surface area contributed by atoms with E-state index < -0.39 is 6.10 Å². The Kier molecular flexibility index (Phi) is 4.74. The van der Waals surface area contributed by atoms with Crippen LogP contribution in [-0.4, -0.2) is 48.1 Å². The Bertz CT molecular complexity index is 410. The molecule has 5 heteroatoms. The molecule has 2 heterocycles. The van der Waals surface area contributed by atoms with E-state index in [9.17, 15) is 4.79 Å². The minimum absolute atomic E-state index is 0.0452. The lowest BCUT2D eigenvalue weighted by Gasteiger charge is -2.34. The summed E-state index contributed by atoms with van der Waals surface area (Å²) in [5, 5.41) is 3.23. The Balaban J connectivity index is 1.91. The first-order valence-corrected chi connectivity index (χ1v) is 6.73. The van der Waals surface area contributed by atoms with Gasteiger partial charge in [-0.05, 0) is 38.9 Å². The molecule has 1 aliphatic heterocycles. The number of aromatic nitrogens is 1. The molecule has 1 N–H and O–H groups in total. The van der Waals surface area contributed by atoms with Gasteiger partial charge in [0.25, 0.3) is 5.91 Å². The Morgan fingerprint density at radius 3 is 3.16 bits per heavy atom. The van der Waals surface area contributed by atoms with Crippen molar-refractivity contribution in [1.82, 2.24) is 15.2 Å². The standard InChI is InChI=1S/C14H21N3O2/c1-11(19-13-6-3-7-16-9-13)14(18)17-8-4-5-12(10-17)15-2/h3,6-7,9,11-12,15H,4-5,8,10H2,1-2H3/t11-,12+/m0/s1. The number of piperidine rings is 1. The lowest BCUT2D eigenvalue weighted by atomic mass is 10.1. The smallest absolute Gasteiger partial charge is 0.263 e. The molecule has 104 valence electrons. The van der Waals surface area contributed by atoms with Crippen LogP contribution in [0.1, 0.15) is 19.8 Å². The Morgan fingerprint density at radius 1 is 1.63 bits per heavy atom. The molecule has 0 radical (unpaired) electrons. The minimum atomic E-state index is -0.472. The molecule has 1 amide bonds. The van der Waals surface area contributed by atoms with Crippen LogP contribution >= 0.6 is 0 Å². The molecule has 19 heavy (non-hydrogen) atoms. The summed E-state index contributed by atoms with van der Waals surface area (Å²) in [5.74, 6) is 0.675. The Labute approximate surface area is 114 Å². The van der Waals surface area contributed by atoms with E-state index in [-0.39, 0.29) is 5.91 Å². The van der Waals surface area contributed by atoms with Gasteiger partial charge in [-0.1, -0.05) is 0 Å². The maximum absolute atomic E-state index is 12.3. The average molecular weight is 263 g/mol. The first kappa shape index (κ1) is 13.8. The molecule has 1 saturated heterocycles. The van der Waals surface area contributed by atoms with Crippen molar-refractivity contribution in [3.05, 3.63) is 24.5 Å². The van der Waals surface area contributed by atoms with Crippen LogP contribution in [0.25, 0.3) is 0 Å². The summed E-state index contributed by atoms with van der Waals surface area (Å²) in [5.41, 5.74) is 0. The second-order valence-corrected chi connectivity index (χ2v) is 4.86. The van der Waals surface area contributed by atoms with E-state index >= 15 is 0 Å². The van der Waals surface area contributed by atoms with Crippen molar-refractivity contribution >= 4 is 5.91 Å². The van der Waals surface area contributed by atoms with Crippen LogP contribution in [0, 0.1) is 0 Å². The number of nitrogens with zero attached hydrogens (tertiary/aromatic N) is 2. The maximum atomic E-state index is 12.3. The first-order valence-electron chi connectivity index (χ1n) is 6.73. The molecule has 1 aromatic heterocycles. The molecule has 0 aliphatic carbocycles. The van der Waals surface area contributed by atoms with Crippen molar-refractivity contribution in [2.75, 3.05) is 20.1 Å². The molecule has 2 rings (SSSR count). The lowest BCUT2D eigenvalue weighted by Crippen LogP contribution is -2.50. The third kappa shape index (κ3) is 3.67. The summed E-state index contributed by atoms with van der Waals surface area (Å²) in [4.78, 5) is 18.2. The van der Waals surface area contributed by atoms with Gasteiger partial charge in [0, 0.05) is 25.3 Å². The predicted octanol–water partition coefficient (Wildman–Crippen LogP) is 1.06. The summed E-state index contributed by atoms with van der Waals surface area (Å²) in [6.45, 7) is 3.37. The number of carbonyl (C=O) groups is 1. The van der Waals surface area contributed by atoms with E-state index in [1.807, 2.05) is 18.0 Å². The number of nitrogens with one attached hydrogen (secondary N) is 1.